The van der Waals surface area contributed by atoms with E-state index < -0.39 is 0 Å². The first-order valence-corrected chi connectivity index (χ1v) is 8.18. The molecule has 1 saturated heterocycles. The van der Waals surface area contributed by atoms with Crippen LogP contribution in [0.3, 0.4) is 0 Å². The van der Waals surface area contributed by atoms with E-state index in [0.29, 0.717) is 26.4 Å². The molecule has 0 unspecified atom stereocenters. The van der Waals surface area contributed by atoms with Crippen LogP contribution in [0, 0.1) is 0 Å². The summed E-state index contributed by atoms with van der Waals surface area (Å²) >= 11 is 3.32. The van der Waals surface area contributed by atoms with Crippen molar-refractivity contribution in [1.29, 1.82) is 0 Å². The number of rotatable bonds is 5. The molecule has 0 N–H and O–H groups in total. The molecular weight excluding hydrogens is 282 g/mol. The van der Waals surface area contributed by atoms with Crippen molar-refractivity contribution in [2.45, 2.75) is 17.2 Å². The van der Waals surface area contributed by atoms with Crippen LogP contribution in [0.25, 0.3) is 0 Å². The number of thiophene rings is 1. The van der Waals surface area contributed by atoms with E-state index in [-0.39, 0.29) is 12.0 Å². The Bertz CT molecular complexity index is 416. The highest BCUT2D eigenvalue weighted by molar-refractivity contribution is 8.01. The van der Waals surface area contributed by atoms with Crippen molar-refractivity contribution < 1.29 is 14.3 Å². The zero-order valence-corrected chi connectivity index (χ0v) is 12.9. The number of amides is 1. The van der Waals surface area contributed by atoms with Gasteiger partial charge in [-0.1, -0.05) is 6.92 Å². The van der Waals surface area contributed by atoms with Crippen molar-refractivity contribution in [2.24, 2.45) is 0 Å². The van der Waals surface area contributed by atoms with Crippen LogP contribution in [0.2, 0.25) is 0 Å². The molecule has 106 valence electrons. The molecule has 0 spiro atoms. The van der Waals surface area contributed by atoms with Crippen LogP contribution < -0.4 is 0 Å². The van der Waals surface area contributed by atoms with Gasteiger partial charge in [0.1, 0.15) is 0 Å². The number of carbonyl (C=O) groups excluding carboxylic acids is 1. The lowest BCUT2D eigenvalue weighted by Gasteiger charge is -2.27. The Balaban J connectivity index is 1.89. The fourth-order valence-corrected chi connectivity index (χ4v) is 3.91. The van der Waals surface area contributed by atoms with Crippen molar-refractivity contribution in [3.63, 3.8) is 0 Å². The minimum absolute atomic E-state index is 0.00727. The van der Waals surface area contributed by atoms with Crippen molar-refractivity contribution in [3.05, 3.63) is 17.0 Å². The predicted octanol–water partition coefficient (Wildman–Crippen LogP) is 2.35. The van der Waals surface area contributed by atoms with Gasteiger partial charge in [0.25, 0.3) is 5.91 Å². The van der Waals surface area contributed by atoms with Crippen molar-refractivity contribution >= 4 is 29.0 Å². The first-order chi connectivity index (χ1) is 9.20. The Morgan fingerprint density at radius 1 is 1.53 bits per heavy atom. The average Bonchev–Trinajstić information content (AvgIpc) is 2.88. The highest BCUT2D eigenvalue weighted by Crippen LogP contribution is 2.27. The van der Waals surface area contributed by atoms with E-state index in [4.69, 9.17) is 9.47 Å². The molecule has 1 aromatic rings. The molecule has 0 radical (unpaired) electrons. The number of nitrogens with zero attached hydrogens (tertiary/aromatic N) is 1. The van der Waals surface area contributed by atoms with Crippen molar-refractivity contribution in [3.8, 4) is 0 Å². The second kappa shape index (κ2) is 7.28. The van der Waals surface area contributed by atoms with Crippen LogP contribution in [-0.2, 0) is 9.47 Å². The first-order valence-electron chi connectivity index (χ1n) is 6.38. The summed E-state index contributed by atoms with van der Waals surface area (Å²) in [5.41, 5.74) is 0. The Kier molecular flexibility index (Phi) is 5.69. The Morgan fingerprint density at radius 2 is 2.37 bits per heavy atom. The number of hydrogen-bond acceptors (Lipinski definition) is 5. The Morgan fingerprint density at radius 3 is 3.05 bits per heavy atom. The van der Waals surface area contributed by atoms with Gasteiger partial charge in [-0.2, -0.15) is 0 Å². The molecule has 1 aliphatic rings. The van der Waals surface area contributed by atoms with Gasteiger partial charge in [-0.25, -0.2) is 0 Å². The molecule has 2 heterocycles. The molecule has 0 saturated carbocycles. The largest absolute Gasteiger partial charge is 0.376 e. The van der Waals surface area contributed by atoms with Crippen LogP contribution in [-0.4, -0.2) is 56.1 Å². The molecule has 4 nitrogen and oxygen atoms in total. The zero-order chi connectivity index (χ0) is 13.7. The third-order valence-corrected chi connectivity index (χ3v) is 4.97. The molecule has 0 bridgehead atoms. The lowest BCUT2D eigenvalue weighted by atomic mass is 10.3. The van der Waals surface area contributed by atoms with Gasteiger partial charge >= 0.3 is 0 Å². The molecule has 1 atom stereocenters. The third-order valence-electron chi connectivity index (χ3n) is 2.79. The maximum absolute atomic E-state index is 12.3. The Hall–Kier alpha value is -0.560. The van der Waals surface area contributed by atoms with Crippen LogP contribution in [0.15, 0.2) is 16.3 Å². The molecule has 1 aliphatic heterocycles. The molecular formula is C13H19NO3S2. The van der Waals surface area contributed by atoms with E-state index in [1.807, 2.05) is 19.2 Å². The molecule has 1 fully saturated rings. The minimum Gasteiger partial charge on any atom is -0.376 e. The van der Waals surface area contributed by atoms with Gasteiger partial charge in [-0.3, -0.25) is 4.79 Å². The molecule has 1 aromatic heterocycles. The van der Waals surface area contributed by atoms with Gasteiger partial charge < -0.3 is 14.4 Å². The zero-order valence-electron chi connectivity index (χ0n) is 11.3. The summed E-state index contributed by atoms with van der Waals surface area (Å²) in [7, 11) is 1.81. The van der Waals surface area contributed by atoms with Gasteiger partial charge in [0.2, 0.25) is 0 Å². The van der Waals surface area contributed by atoms with Crippen LogP contribution in [0.1, 0.15) is 16.6 Å². The lowest BCUT2D eigenvalue weighted by Crippen LogP contribution is -2.40. The summed E-state index contributed by atoms with van der Waals surface area (Å²) in [4.78, 5) is 14.8. The number of carbonyl (C=O) groups is 1. The van der Waals surface area contributed by atoms with Crippen molar-refractivity contribution in [2.75, 3.05) is 39.2 Å². The summed E-state index contributed by atoms with van der Waals surface area (Å²) in [6.45, 7) is 4.52. The fourth-order valence-electron chi connectivity index (χ4n) is 1.87. The van der Waals surface area contributed by atoms with Crippen molar-refractivity contribution in [1.82, 2.24) is 4.90 Å². The molecule has 0 aromatic carbocycles. The number of ether oxygens (including phenoxy) is 2. The summed E-state index contributed by atoms with van der Waals surface area (Å²) < 4.78 is 12.1. The second-order valence-corrected chi connectivity index (χ2v) is 6.95. The van der Waals surface area contributed by atoms with E-state index in [1.54, 1.807) is 28.0 Å². The average molecular weight is 301 g/mol. The smallest absolute Gasteiger partial charge is 0.263 e. The topological polar surface area (TPSA) is 38.8 Å². The van der Waals surface area contributed by atoms with Gasteiger partial charge in [-0.05, 0) is 17.9 Å². The Labute approximate surface area is 122 Å². The van der Waals surface area contributed by atoms with Gasteiger partial charge in [-0.15, -0.1) is 23.1 Å². The van der Waals surface area contributed by atoms with Gasteiger partial charge in [0.05, 0.1) is 35.0 Å². The standard InChI is InChI=1S/C13H19NO3S2/c1-3-18-12-5-4-11(19-12)13(15)14(2)8-10-9-16-6-7-17-10/h4-5,10H,3,6-9H2,1-2H3/t10-/m0/s1. The quantitative estimate of drug-likeness (QED) is 0.783. The number of hydrogen-bond donors (Lipinski definition) is 0. The molecule has 0 aliphatic carbocycles. The van der Waals surface area contributed by atoms with Crippen LogP contribution in [0.5, 0.6) is 0 Å². The SMILES string of the molecule is CCSc1ccc(C(=O)N(C)C[C@H]2COCCO2)s1. The highest BCUT2D eigenvalue weighted by Gasteiger charge is 2.21. The molecule has 1 amide bonds. The number of likely N-dealkylation sites (N-methyl/N-ethyl adjacent to an activating group) is 1. The predicted molar refractivity (Wildman–Crippen MR) is 78.2 cm³/mol. The first kappa shape index (κ1) is 14.8. The summed E-state index contributed by atoms with van der Waals surface area (Å²) in [6.07, 6.45) is -0.00727. The summed E-state index contributed by atoms with van der Waals surface area (Å²) in [5, 5.41) is 0. The second-order valence-electron chi connectivity index (χ2n) is 4.31. The van der Waals surface area contributed by atoms with E-state index in [1.165, 1.54) is 4.21 Å². The fraction of sp³-hybridized carbons (Fsp3) is 0.615. The molecule has 19 heavy (non-hydrogen) atoms. The van der Waals surface area contributed by atoms with Crippen LogP contribution >= 0.6 is 23.1 Å². The van der Waals surface area contributed by atoms with E-state index in [2.05, 4.69) is 6.92 Å². The normalized spacial score (nSPS) is 19.4. The van der Waals surface area contributed by atoms with Gasteiger partial charge in [0, 0.05) is 13.6 Å². The van der Waals surface area contributed by atoms with E-state index in [0.717, 1.165) is 10.6 Å². The maximum atomic E-state index is 12.3. The summed E-state index contributed by atoms with van der Waals surface area (Å²) in [5.74, 6) is 1.08. The van der Waals surface area contributed by atoms with E-state index in [9.17, 15) is 4.79 Å². The molecule has 2 rings (SSSR count). The highest BCUT2D eigenvalue weighted by atomic mass is 32.2. The summed E-state index contributed by atoms with van der Waals surface area (Å²) in [6, 6.07) is 3.92. The number of thioether (sulfide) groups is 1. The monoisotopic (exact) mass is 301 g/mol. The molecule has 6 heteroatoms. The lowest BCUT2D eigenvalue weighted by molar-refractivity contribution is -0.0933. The maximum Gasteiger partial charge on any atom is 0.263 e. The third kappa shape index (κ3) is 4.21. The minimum atomic E-state index is -0.00727. The van der Waals surface area contributed by atoms with Crippen LogP contribution in [0.4, 0.5) is 0 Å². The van der Waals surface area contributed by atoms with Gasteiger partial charge in [0.15, 0.2) is 0 Å². The van der Waals surface area contributed by atoms with E-state index >= 15 is 0 Å².